The van der Waals surface area contributed by atoms with Crippen LogP contribution in [0.4, 0.5) is 0 Å². The summed E-state index contributed by atoms with van der Waals surface area (Å²) in [5.74, 6) is -1.31. The molecule has 0 aromatic heterocycles. The number of phenolic OH excluding ortho intramolecular Hbond substituents is 1. The quantitative estimate of drug-likeness (QED) is 0.447. The average molecular weight is 282 g/mol. The van der Waals surface area contributed by atoms with E-state index >= 15 is 0 Å². The second-order valence-electron chi connectivity index (χ2n) is 3.77. The predicted molar refractivity (Wildman–Crippen MR) is 67.6 cm³/mol. The first-order chi connectivity index (χ1) is 9.06. The van der Waals surface area contributed by atoms with Crippen molar-refractivity contribution in [1.82, 2.24) is 0 Å². The van der Waals surface area contributed by atoms with E-state index in [9.17, 15) is 9.59 Å². The maximum absolute atomic E-state index is 11.7. The third-order valence-corrected chi connectivity index (χ3v) is 2.41. The van der Waals surface area contributed by atoms with Gasteiger partial charge >= 0.3 is 41.5 Å². The van der Waals surface area contributed by atoms with Gasteiger partial charge in [-0.05, 0) is 48.5 Å². The zero-order valence-electron chi connectivity index (χ0n) is 11.7. The summed E-state index contributed by atoms with van der Waals surface area (Å²) in [6, 6.07) is 11.1. The number of hydrogen-bond acceptors (Lipinski definition) is 4. The fourth-order valence-electron chi connectivity index (χ4n) is 1.43. The Kier molecular flexibility index (Phi) is 5.76. The zero-order chi connectivity index (χ0) is 13.8. The summed E-state index contributed by atoms with van der Waals surface area (Å²) >= 11 is 0. The fourth-order valence-corrected chi connectivity index (χ4v) is 1.43. The van der Waals surface area contributed by atoms with E-state index in [1.165, 1.54) is 48.5 Å². The van der Waals surface area contributed by atoms with Crippen molar-refractivity contribution in [3.05, 3.63) is 59.7 Å². The molecule has 2 N–H and O–H groups in total. The normalized spacial score (nSPS) is 9.40. The molecule has 0 atom stereocenters. The Morgan fingerprint density at radius 1 is 0.900 bits per heavy atom. The van der Waals surface area contributed by atoms with Crippen LogP contribution in [0.15, 0.2) is 48.5 Å². The van der Waals surface area contributed by atoms with E-state index in [2.05, 4.69) is 0 Å². The van der Waals surface area contributed by atoms with Gasteiger partial charge in [0.05, 0.1) is 11.1 Å². The number of benzene rings is 2. The molecule has 0 aliphatic heterocycles. The smallest absolute Gasteiger partial charge is 1.00 e. The SMILES string of the molecule is O=C(O)c1ccc(OC(=O)c2ccc(O)cc2)cc1.[H-].[Na+]. The number of hydrogen-bond donors (Lipinski definition) is 2. The van der Waals surface area contributed by atoms with Crippen LogP contribution < -0.4 is 34.3 Å². The fraction of sp³-hybridized carbons (Fsp3) is 0. The van der Waals surface area contributed by atoms with Crippen molar-refractivity contribution >= 4 is 11.9 Å². The molecule has 6 heteroatoms. The molecule has 0 aliphatic rings. The van der Waals surface area contributed by atoms with Crippen LogP contribution in [0.3, 0.4) is 0 Å². The van der Waals surface area contributed by atoms with E-state index in [-0.39, 0.29) is 48.0 Å². The molecule has 0 aliphatic carbocycles. The second-order valence-corrected chi connectivity index (χ2v) is 3.77. The van der Waals surface area contributed by atoms with Gasteiger partial charge in [0.25, 0.3) is 0 Å². The van der Waals surface area contributed by atoms with Crippen molar-refractivity contribution in [3.8, 4) is 11.5 Å². The van der Waals surface area contributed by atoms with E-state index < -0.39 is 11.9 Å². The van der Waals surface area contributed by atoms with E-state index in [1.807, 2.05) is 0 Å². The van der Waals surface area contributed by atoms with Crippen molar-refractivity contribution < 1.29 is 55.5 Å². The number of aromatic hydroxyl groups is 1. The maximum Gasteiger partial charge on any atom is 1.00 e. The minimum atomic E-state index is -1.04. The van der Waals surface area contributed by atoms with Gasteiger partial charge in [0.1, 0.15) is 11.5 Å². The maximum atomic E-state index is 11.7. The van der Waals surface area contributed by atoms with E-state index in [0.29, 0.717) is 5.56 Å². The largest absolute Gasteiger partial charge is 1.00 e. The van der Waals surface area contributed by atoms with Crippen LogP contribution in [0, 0.1) is 0 Å². The van der Waals surface area contributed by atoms with Crippen molar-refractivity contribution in [2.45, 2.75) is 0 Å². The van der Waals surface area contributed by atoms with Gasteiger partial charge in [0, 0.05) is 0 Å². The zero-order valence-corrected chi connectivity index (χ0v) is 12.7. The van der Waals surface area contributed by atoms with Crippen LogP contribution in [0.2, 0.25) is 0 Å². The number of esters is 1. The average Bonchev–Trinajstić information content (AvgIpc) is 2.40. The predicted octanol–water partition coefficient (Wildman–Crippen LogP) is -0.574. The minimum Gasteiger partial charge on any atom is -1.00 e. The summed E-state index contributed by atoms with van der Waals surface area (Å²) in [6.45, 7) is 0. The molecule has 5 nitrogen and oxygen atoms in total. The first-order valence-corrected chi connectivity index (χ1v) is 5.41. The monoisotopic (exact) mass is 282 g/mol. The molecule has 2 aromatic carbocycles. The molecule has 20 heavy (non-hydrogen) atoms. The Morgan fingerprint density at radius 3 is 1.90 bits per heavy atom. The Bertz CT molecular complexity index is 610. The number of carbonyl (C=O) groups is 2. The Hall–Kier alpha value is -1.82. The summed E-state index contributed by atoms with van der Waals surface area (Å²) in [5, 5.41) is 17.8. The molecule has 0 heterocycles. The Labute approximate surface area is 138 Å². The van der Waals surface area contributed by atoms with Crippen LogP contribution in [-0.4, -0.2) is 22.2 Å². The molecular formula is C14H11NaO5. The van der Waals surface area contributed by atoms with Gasteiger partial charge in [0.2, 0.25) is 0 Å². The molecule has 0 radical (unpaired) electrons. The Morgan fingerprint density at radius 2 is 1.40 bits per heavy atom. The number of ether oxygens (including phenoxy) is 1. The van der Waals surface area contributed by atoms with Crippen LogP contribution in [-0.2, 0) is 0 Å². The molecule has 0 bridgehead atoms. The number of rotatable bonds is 3. The number of carboxylic acids is 1. The molecule has 0 spiro atoms. The van der Waals surface area contributed by atoms with Crippen LogP contribution in [0.1, 0.15) is 22.1 Å². The minimum absolute atomic E-state index is 0. The molecule has 98 valence electrons. The van der Waals surface area contributed by atoms with Crippen molar-refractivity contribution in [1.29, 1.82) is 0 Å². The molecule has 0 saturated heterocycles. The van der Waals surface area contributed by atoms with Gasteiger partial charge in [-0.25, -0.2) is 9.59 Å². The van der Waals surface area contributed by atoms with Gasteiger partial charge in [-0.2, -0.15) is 0 Å². The van der Waals surface area contributed by atoms with Crippen LogP contribution in [0.5, 0.6) is 11.5 Å². The molecular weight excluding hydrogens is 271 g/mol. The molecule has 2 aromatic rings. The summed E-state index contributed by atoms with van der Waals surface area (Å²) in [4.78, 5) is 22.4. The number of carbonyl (C=O) groups excluding carboxylic acids is 1. The molecule has 0 fully saturated rings. The van der Waals surface area contributed by atoms with E-state index in [1.54, 1.807) is 0 Å². The first-order valence-electron chi connectivity index (χ1n) is 5.41. The second kappa shape index (κ2) is 7.09. The molecule has 0 unspecified atom stereocenters. The van der Waals surface area contributed by atoms with Crippen LogP contribution >= 0.6 is 0 Å². The third-order valence-electron chi connectivity index (χ3n) is 2.41. The van der Waals surface area contributed by atoms with E-state index in [4.69, 9.17) is 14.9 Å². The van der Waals surface area contributed by atoms with Gasteiger partial charge in [-0.15, -0.1) is 0 Å². The molecule has 0 saturated carbocycles. The summed E-state index contributed by atoms with van der Waals surface area (Å²) in [7, 11) is 0. The van der Waals surface area contributed by atoms with Gasteiger partial charge in [-0.3, -0.25) is 0 Å². The number of phenols is 1. The first kappa shape index (κ1) is 16.2. The Balaban J connectivity index is 0.00000200. The summed E-state index contributed by atoms with van der Waals surface area (Å²) in [6.07, 6.45) is 0. The third kappa shape index (κ3) is 4.09. The summed E-state index contributed by atoms with van der Waals surface area (Å²) < 4.78 is 5.06. The number of carboxylic acid groups (broad SMARTS) is 1. The standard InChI is InChI=1S/C14H10O5.Na.H/c15-11-5-1-10(2-6-11)14(18)19-12-7-3-9(4-8-12)13(16)17;;/h1-8,15H,(H,16,17);;/q;+1;-1. The van der Waals surface area contributed by atoms with Gasteiger partial charge in [0.15, 0.2) is 0 Å². The van der Waals surface area contributed by atoms with Gasteiger partial charge < -0.3 is 16.4 Å². The van der Waals surface area contributed by atoms with Crippen LogP contribution in [0.25, 0.3) is 0 Å². The molecule has 0 amide bonds. The van der Waals surface area contributed by atoms with Gasteiger partial charge in [-0.1, -0.05) is 0 Å². The van der Waals surface area contributed by atoms with Crippen molar-refractivity contribution in [3.63, 3.8) is 0 Å². The molecule has 2 rings (SSSR count). The topological polar surface area (TPSA) is 83.8 Å². The summed E-state index contributed by atoms with van der Waals surface area (Å²) in [5.41, 5.74) is 0.407. The van der Waals surface area contributed by atoms with Crippen molar-refractivity contribution in [2.24, 2.45) is 0 Å². The number of aromatic carboxylic acids is 1. The van der Waals surface area contributed by atoms with E-state index in [0.717, 1.165) is 0 Å². The van der Waals surface area contributed by atoms with Crippen molar-refractivity contribution in [2.75, 3.05) is 0 Å².